The first-order valence-corrected chi connectivity index (χ1v) is 7.11. The van der Waals surface area contributed by atoms with E-state index in [9.17, 15) is 10.1 Å². The lowest BCUT2D eigenvalue weighted by Crippen LogP contribution is -2.40. The Morgan fingerprint density at radius 2 is 2.33 bits per heavy atom. The molecule has 114 valence electrons. The van der Waals surface area contributed by atoms with Crippen molar-refractivity contribution in [2.45, 2.75) is 38.6 Å². The lowest BCUT2D eigenvalue weighted by molar-refractivity contribution is -0.384. The molecule has 1 aliphatic rings. The summed E-state index contributed by atoms with van der Waals surface area (Å²) in [6.45, 7) is 3.00. The molecule has 0 amide bonds. The number of hydrogen-bond donors (Lipinski definition) is 2. The van der Waals surface area contributed by atoms with Crippen LogP contribution in [0.15, 0.2) is 23.4 Å². The van der Waals surface area contributed by atoms with Crippen LogP contribution in [0.4, 0.5) is 11.4 Å². The maximum Gasteiger partial charge on any atom is 0.270 e. The summed E-state index contributed by atoms with van der Waals surface area (Å²) in [5.41, 5.74) is 6.85. The average Bonchev–Trinajstić information content (AvgIpc) is 2.53. The summed E-state index contributed by atoms with van der Waals surface area (Å²) in [4.78, 5) is 12.6. The second-order valence-corrected chi connectivity index (χ2v) is 5.20. The number of anilines is 1. The number of non-ortho nitro benzene ring substituents is 1. The second-order valence-electron chi connectivity index (χ2n) is 5.20. The van der Waals surface area contributed by atoms with E-state index in [0.717, 1.165) is 31.5 Å². The fourth-order valence-corrected chi connectivity index (χ4v) is 2.89. The summed E-state index contributed by atoms with van der Waals surface area (Å²) >= 11 is 0. The zero-order valence-electron chi connectivity index (χ0n) is 12.0. The maximum atomic E-state index is 10.9. The van der Waals surface area contributed by atoms with Crippen molar-refractivity contribution in [3.63, 3.8) is 0 Å². The number of hydrogen-bond acceptors (Lipinski definition) is 5. The van der Waals surface area contributed by atoms with Gasteiger partial charge in [-0.05, 0) is 31.7 Å². The van der Waals surface area contributed by atoms with Crippen molar-refractivity contribution in [2.75, 3.05) is 11.4 Å². The van der Waals surface area contributed by atoms with Crippen molar-refractivity contribution >= 4 is 17.2 Å². The number of piperidine rings is 1. The molecule has 1 saturated heterocycles. The number of benzene rings is 1. The molecule has 7 heteroatoms. The van der Waals surface area contributed by atoms with E-state index >= 15 is 0 Å². The van der Waals surface area contributed by atoms with Gasteiger partial charge in [-0.25, -0.2) is 0 Å². The Labute approximate surface area is 123 Å². The van der Waals surface area contributed by atoms with Crippen LogP contribution in [-0.4, -0.2) is 28.6 Å². The van der Waals surface area contributed by atoms with Crippen molar-refractivity contribution in [3.05, 3.63) is 33.9 Å². The van der Waals surface area contributed by atoms with Crippen LogP contribution in [-0.2, 0) is 0 Å². The third kappa shape index (κ3) is 3.07. The molecule has 1 unspecified atom stereocenters. The zero-order valence-corrected chi connectivity index (χ0v) is 12.0. The maximum absolute atomic E-state index is 10.9. The minimum atomic E-state index is -0.481. The number of nitrogens with zero attached hydrogens (tertiary/aromatic N) is 3. The summed E-state index contributed by atoms with van der Waals surface area (Å²) in [5, 5.41) is 22.9. The average molecular weight is 292 g/mol. The monoisotopic (exact) mass is 292 g/mol. The third-order valence-electron chi connectivity index (χ3n) is 3.98. The van der Waals surface area contributed by atoms with Gasteiger partial charge in [0.15, 0.2) is 5.84 Å². The van der Waals surface area contributed by atoms with E-state index in [-0.39, 0.29) is 11.5 Å². The first-order chi connectivity index (χ1) is 10.1. The van der Waals surface area contributed by atoms with Crippen LogP contribution < -0.4 is 10.6 Å². The van der Waals surface area contributed by atoms with Gasteiger partial charge in [0, 0.05) is 30.4 Å². The van der Waals surface area contributed by atoms with Crippen molar-refractivity contribution in [2.24, 2.45) is 10.9 Å². The topological polar surface area (TPSA) is 105 Å². The summed E-state index contributed by atoms with van der Waals surface area (Å²) in [6.07, 6.45) is 4.33. The lowest BCUT2D eigenvalue weighted by atomic mass is 9.97. The number of nitro groups is 1. The number of oxime groups is 1. The van der Waals surface area contributed by atoms with Crippen molar-refractivity contribution in [1.29, 1.82) is 0 Å². The predicted molar refractivity (Wildman–Crippen MR) is 80.9 cm³/mol. The molecule has 0 radical (unpaired) electrons. The smallest absolute Gasteiger partial charge is 0.270 e. The lowest BCUT2D eigenvalue weighted by Gasteiger charge is -2.38. The highest BCUT2D eigenvalue weighted by atomic mass is 16.6. The van der Waals surface area contributed by atoms with Crippen LogP contribution in [0.5, 0.6) is 0 Å². The molecule has 1 aromatic rings. The van der Waals surface area contributed by atoms with Gasteiger partial charge in [0.2, 0.25) is 0 Å². The molecular formula is C14H20N4O3. The van der Waals surface area contributed by atoms with Crippen LogP contribution in [0.1, 0.15) is 38.2 Å². The number of nitrogens with two attached hydrogens (primary N) is 1. The third-order valence-corrected chi connectivity index (χ3v) is 3.98. The molecule has 3 N–H and O–H groups in total. The SMILES string of the molecule is CCC1CCCCN1c1ccc([N+](=O)[O-])cc1C(N)=NO. The summed E-state index contributed by atoms with van der Waals surface area (Å²) in [7, 11) is 0. The first kappa shape index (κ1) is 15.1. The van der Waals surface area contributed by atoms with Crippen LogP contribution >= 0.6 is 0 Å². The summed E-state index contributed by atoms with van der Waals surface area (Å²) in [6, 6.07) is 4.90. The molecule has 1 atom stereocenters. The Morgan fingerprint density at radius 1 is 1.57 bits per heavy atom. The Bertz CT molecular complexity index is 559. The second kappa shape index (κ2) is 6.43. The van der Waals surface area contributed by atoms with E-state index in [0.29, 0.717) is 11.6 Å². The van der Waals surface area contributed by atoms with E-state index in [1.807, 2.05) is 0 Å². The molecule has 21 heavy (non-hydrogen) atoms. The Kier molecular flexibility index (Phi) is 4.62. The molecule has 0 saturated carbocycles. The molecule has 0 bridgehead atoms. The van der Waals surface area contributed by atoms with E-state index in [1.54, 1.807) is 6.07 Å². The molecule has 0 spiro atoms. The predicted octanol–water partition coefficient (Wildman–Crippen LogP) is 2.46. The van der Waals surface area contributed by atoms with E-state index in [4.69, 9.17) is 10.9 Å². The molecule has 0 aromatic heterocycles. The fourth-order valence-electron chi connectivity index (χ4n) is 2.89. The van der Waals surface area contributed by atoms with Gasteiger partial charge in [0.25, 0.3) is 5.69 Å². The van der Waals surface area contributed by atoms with Gasteiger partial charge in [0.05, 0.1) is 10.5 Å². The molecular weight excluding hydrogens is 272 g/mol. The van der Waals surface area contributed by atoms with Gasteiger partial charge in [-0.1, -0.05) is 12.1 Å². The van der Waals surface area contributed by atoms with E-state index < -0.39 is 4.92 Å². The van der Waals surface area contributed by atoms with Crippen LogP contribution in [0.3, 0.4) is 0 Å². The van der Waals surface area contributed by atoms with Crippen LogP contribution in [0.25, 0.3) is 0 Å². The minimum Gasteiger partial charge on any atom is -0.409 e. The Hall–Kier alpha value is -2.31. The van der Waals surface area contributed by atoms with Gasteiger partial charge >= 0.3 is 0 Å². The van der Waals surface area contributed by atoms with Gasteiger partial charge in [-0.3, -0.25) is 10.1 Å². The molecule has 7 nitrogen and oxygen atoms in total. The van der Waals surface area contributed by atoms with Crippen molar-refractivity contribution in [1.82, 2.24) is 0 Å². The number of rotatable bonds is 4. The summed E-state index contributed by atoms with van der Waals surface area (Å²) < 4.78 is 0. The highest BCUT2D eigenvalue weighted by Crippen LogP contribution is 2.31. The highest BCUT2D eigenvalue weighted by molar-refractivity contribution is 6.02. The van der Waals surface area contributed by atoms with Gasteiger partial charge in [-0.15, -0.1) is 0 Å². The largest absolute Gasteiger partial charge is 0.409 e. The fraction of sp³-hybridized carbons (Fsp3) is 0.500. The van der Waals surface area contributed by atoms with Gasteiger partial charge in [0.1, 0.15) is 0 Å². The zero-order chi connectivity index (χ0) is 15.4. The Morgan fingerprint density at radius 3 is 2.95 bits per heavy atom. The van der Waals surface area contributed by atoms with Gasteiger partial charge in [-0.2, -0.15) is 0 Å². The summed E-state index contributed by atoms with van der Waals surface area (Å²) in [5.74, 6) is -0.103. The standard InChI is InChI=1S/C14H20N4O3/c1-2-10-5-3-4-8-17(10)13-7-6-11(18(20)21)9-12(13)14(15)16-19/h6-7,9-10,19H,2-5,8H2,1H3,(H2,15,16). The normalized spacial score (nSPS) is 19.6. The molecule has 0 aliphatic carbocycles. The van der Waals surface area contributed by atoms with Crippen molar-refractivity contribution in [3.8, 4) is 0 Å². The molecule has 1 heterocycles. The first-order valence-electron chi connectivity index (χ1n) is 7.11. The van der Waals surface area contributed by atoms with E-state index in [2.05, 4.69) is 17.0 Å². The van der Waals surface area contributed by atoms with E-state index in [1.165, 1.54) is 18.6 Å². The molecule has 1 fully saturated rings. The molecule has 1 aliphatic heterocycles. The highest BCUT2D eigenvalue weighted by Gasteiger charge is 2.25. The van der Waals surface area contributed by atoms with Crippen LogP contribution in [0.2, 0.25) is 0 Å². The Balaban J connectivity index is 2.48. The quantitative estimate of drug-likeness (QED) is 0.291. The number of nitro benzene ring substituents is 1. The van der Waals surface area contributed by atoms with Crippen LogP contribution in [0, 0.1) is 10.1 Å². The molecule has 2 rings (SSSR count). The number of amidine groups is 1. The van der Waals surface area contributed by atoms with Crippen molar-refractivity contribution < 1.29 is 10.1 Å². The van der Waals surface area contributed by atoms with Gasteiger partial charge < -0.3 is 15.8 Å². The minimum absolute atomic E-state index is 0.0644. The molecule has 1 aromatic carbocycles.